The predicted molar refractivity (Wildman–Crippen MR) is 77.9 cm³/mol. The molecule has 21 heavy (non-hydrogen) atoms. The molecule has 0 amide bonds. The summed E-state index contributed by atoms with van der Waals surface area (Å²) >= 11 is 0. The highest BCUT2D eigenvalue weighted by atomic mass is 16.4. The summed E-state index contributed by atoms with van der Waals surface area (Å²) in [6.07, 6.45) is 7.87. The Labute approximate surface area is 122 Å². The Kier molecular flexibility index (Phi) is 3.72. The van der Waals surface area contributed by atoms with Crippen molar-refractivity contribution in [3.8, 4) is 0 Å². The van der Waals surface area contributed by atoms with Gasteiger partial charge >= 0.3 is 5.97 Å². The first kappa shape index (κ1) is 13.8. The number of hydrogen-bond acceptors (Lipinski definition) is 5. The predicted octanol–water partition coefficient (Wildman–Crippen LogP) is 1.81. The van der Waals surface area contributed by atoms with Gasteiger partial charge in [0.2, 0.25) is 0 Å². The average molecular weight is 289 g/mol. The second-order valence-corrected chi connectivity index (χ2v) is 5.56. The fourth-order valence-electron chi connectivity index (χ4n) is 3.03. The van der Waals surface area contributed by atoms with E-state index in [-0.39, 0.29) is 12.0 Å². The van der Waals surface area contributed by atoms with Gasteiger partial charge in [0.05, 0.1) is 17.5 Å². The zero-order chi connectivity index (χ0) is 14.8. The molecule has 1 aliphatic carbocycles. The Balaban J connectivity index is 1.90. The number of carbonyl (C=O) groups is 1. The lowest BCUT2D eigenvalue weighted by atomic mass is 9.95. The molecule has 2 aromatic heterocycles. The molecule has 2 unspecified atom stereocenters. The number of nitrogens with zero attached hydrogens (tertiary/aromatic N) is 4. The molecule has 0 bridgehead atoms. The molecule has 0 aromatic carbocycles. The first-order valence-corrected chi connectivity index (χ1v) is 7.29. The lowest BCUT2D eigenvalue weighted by Crippen LogP contribution is -2.34. The van der Waals surface area contributed by atoms with Crippen molar-refractivity contribution in [2.45, 2.75) is 38.1 Å². The smallest absolute Gasteiger partial charge is 0.308 e. The van der Waals surface area contributed by atoms with Crippen molar-refractivity contribution in [1.29, 1.82) is 0 Å². The van der Waals surface area contributed by atoms with Gasteiger partial charge in [-0.25, -0.2) is 9.97 Å². The third-order valence-electron chi connectivity index (χ3n) is 4.18. The summed E-state index contributed by atoms with van der Waals surface area (Å²) < 4.78 is 1.68. The van der Waals surface area contributed by atoms with Crippen LogP contribution in [0.4, 0.5) is 5.82 Å². The minimum Gasteiger partial charge on any atom is -0.481 e. The molecule has 0 spiro atoms. The molecule has 2 heterocycles. The van der Waals surface area contributed by atoms with Crippen LogP contribution in [0.3, 0.4) is 0 Å². The summed E-state index contributed by atoms with van der Waals surface area (Å²) in [7, 11) is 1.82. The summed E-state index contributed by atoms with van der Waals surface area (Å²) in [5.41, 5.74) is 0.744. The number of aryl methyl sites for hydroxylation is 1. The van der Waals surface area contributed by atoms with Gasteiger partial charge in [0.1, 0.15) is 12.1 Å². The molecule has 0 radical (unpaired) electrons. The number of aromatic nitrogens is 4. The largest absolute Gasteiger partial charge is 0.481 e. The standard InChI is InChI=1S/C14H19N5O2/c1-19-13-10(7-17-19)12(15-8-16-13)18-11-6-4-2-3-5-9(11)14(20)21/h7-9,11H,2-6H2,1H3,(H,20,21)(H,15,16,18). The van der Waals surface area contributed by atoms with Crippen molar-refractivity contribution in [3.63, 3.8) is 0 Å². The van der Waals surface area contributed by atoms with E-state index in [2.05, 4.69) is 20.4 Å². The van der Waals surface area contributed by atoms with Crippen LogP contribution in [0.1, 0.15) is 32.1 Å². The molecule has 2 aromatic rings. The van der Waals surface area contributed by atoms with E-state index < -0.39 is 5.97 Å². The summed E-state index contributed by atoms with van der Waals surface area (Å²) in [6.45, 7) is 0. The average Bonchev–Trinajstić information content (AvgIpc) is 2.71. The molecule has 7 heteroatoms. The Morgan fingerprint density at radius 2 is 2.14 bits per heavy atom. The topological polar surface area (TPSA) is 92.9 Å². The van der Waals surface area contributed by atoms with Crippen molar-refractivity contribution in [2.75, 3.05) is 5.32 Å². The molecular formula is C14H19N5O2. The lowest BCUT2D eigenvalue weighted by molar-refractivity contribution is -0.142. The van der Waals surface area contributed by atoms with Gasteiger partial charge in [-0.05, 0) is 12.8 Å². The van der Waals surface area contributed by atoms with Crippen LogP contribution in [-0.4, -0.2) is 36.9 Å². The number of nitrogens with one attached hydrogen (secondary N) is 1. The van der Waals surface area contributed by atoms with Crippen LogP contribution in [-0.2, 0) is 11.8 Å². The molecular weight excluding hydrogens is 270 g/mol. The monoisotopic (exact) mass is 289 g/mol. The van der Waals surface area contributed by atoms with Crippen molar-refractivity contribution in [1.82, 2.24) is 19.7 Å². The first-order valence-electron chi connectivity index (χ1n) is 7.29. The second kappa shape index (κ2) is 5.67. The molecule has 0 saturated heterocycles. The van der Waals surface area contributed by atoms with Crippen molar-refractivity contribution < 1.29 is 9.90 Å². The molecule has 112 valence electrons. The van der Waals surface area contributed by atoms with Crippen molar-refractivity contribution >= 4 is 22.8 Å². The Bertz CT molecular complexity index is 654. The van der Waals surface area contributed by atoms with Gasteiger partial charge in [0.15, 0.2) is 5.65 Å². The summed E-state index contributed by atoms with van der Waals surface area (Å²) in [5, 5.41) is 17.8. The number of fused-ring (bicyclic) bond motifs is 1. The van der Waals surface area contributed by atoms with Crippen molar-refractivity contribution in [2.24, 2.45) is 13.0 Å². The van der Waals surface area contributed by atoms with E-state index in [0.717, 1.165) is 36.7 Å². The molecule has 1 aliphatic rings. The Morgan fingerprint density at radius 1 is 1.33 bits per heavy atom. The van der Waals surface area contributed by atoms with Crippen LogP contribution in [0.25, 0.3) is 11.0 Å². The van der Waals surface area contributed by atoms with Crippen LogP contribution in [0.5, 0.6) is 0 Å². The van der Waals surface area contributed by atoms with Gasteiger partial charge in [-0.15, -0.1) is 0 Å². The van der Waals surface area contributed by atoms with Gasteiger partial charge in [0, 0.05) is 13.1 Å². The number of carboxylic acid groups (broad SMARTS) is 1. The van der Waals surface area contributed by atoms with Gasteiger partial charge in [-0.1, -0.05) is 19.3 Å². The van der Waals surface area contributed by atoms with E-state index in [9.17, 15) is 9.90 Å². The number of aliphatic carboxylic acids is 1. The van der Waals surface area contributed by atoms with E-state index in [1.54, 1.807) is 10.9 Å². The van der Waals surface area contributed by atoms with Crippen LogP contribution in [0, 0.1) is 5.92 Å². The fraction of sp³-hybridized carbons (Fsp3) is 0.571. The quantitative estimate of drug-likeness (QED) is 0.837. The molecule has 0 aliphatic heterocycles. The molecule has 7 nitrogen and oxygen atoms in total. The van der Waals surface area contributed by atoms with E-state index in [1.165, 1.54) is 6.33 Å². The third kappa shape index (κ3) is 2.68. The molecule has 1 saturated carbocycles. The first-order chi connectivity index (χ1) is 10.2. The highest BCUT2D eigenvalue weighted by molar-refractivity contribution is 5.86. The molecule has 3 rings (SSSR count). The number of carboxylic acids is 1. The normalized spacial score (nSPS) is 22.9. The number of hydrogen-bond donors (Lipinski definition) is 2. The minimum atomic E-state index is -0.731. The highest BCUT2D eigenvalue weighted by Crippen LogP contribution is 2.28. The number of rotatable bonds is 3. The maximum absolute atomic E-state index is 11.5. The van der Waals surface area contributed by atoms with E-state index >= 15 is 0 Å². The van der Waals surface area contributed by atoms with E-state index in [4.69, 9.17) is 0 Å². The highest BCUT2D eigenvalue weighted by Gasteiger charge is 2.30. The molecule has 1 fully saturated rings. The lowest BCUT2D eigenvalue weighted by Gasteiger charge is -2.23. The van der Waals surface area contributed by atoms with Gasteiger partial charge in [-0.2, -0.15) is 5.10 Å². The zero-order valence-electron chi connectivity index (χ0n) is 12.0. The fourth-order valence-corrected chi connectivity index (χ4v) is 3.03. The van der Waals surface area contributed by atoms with Gasteiger partial charge < -0.3 is 10.4 Å². The Morgan fingerprint density at radius 3 is 2.95 bits per heavy atom. The minimum absolute atomic E-state index is 0.0942. The second-order valence-electron chi connectivity index (χ2n) is 5.56. The van der Waals surface area contributed by atoms with Crippen LogP contribution >= 0.6 is 0 Å². The number of anilines is 1. The van der Waals surface area contributed by atoms with E-state index in [0.29, 0.717) is 12.2 Å². The van der Waals surface area contributed by atoms with Crippen LogP contribution < -0.4 is 5.32 Å². The molecule has 2 N–H and O–H groups in total. The summed E-state index contributed by atoms with van der Waals surface area (Å²) in [4.78, 5) is 20.0. The third-order valence-corrected chi connectivity index (χ3v) is 4.18. The summed E-state index contributed by atoms with van der Waals surface area (Å²) in [6, 6.07) is -0.0942. The maximum atomic E-state index is 11.5. The molecule has 2 atom stereocenters. The maximum Gasteiger partial charge on any atom is 0.308 e. The van der Waals surface area contributed by atoms with E-state index in [1.807, 2.05) is 7.05 Å². The Hall–Kier alpha value is -2.18. The summed E-state index contributed by atoms with van der Waals surface area (Å²) in [5.74, 6) is -0.425. The SMILES string of the molecule is Cn1ncc2c(NC3CCCCCC3C(=O)O)ncnc21. The van der Waals surface area contributed by atoms with Crippen molar-refractivity contribution in [3.05, 3.63) is 12.5 Å². The van der Waals surface area contributed by atoms with Gasteiger partial charge in [0.25, 0.3) is 0 Å². The zero-order valence-corrected chi connectivity index (χ0v) is 12.0. The van der Waals surface area contributed by atoms with Crippen LogP contribution in [0.2, 0.25) is 0 Å². The van der Waals surface area contributed by atoms with Crippen LogP contribution in [0.15, 0.2) is 12.5 Å². The van der Waals surface area contributed by atoms with Gasteiger partial charge in [-0.3, -0.25) is 9.48 Å².